The number of benzene rings is 2. The van der Waals surface area contributed by atoms with E-state index in [2.05, 4.69) is 5.32 Å². The fraction of sp³-hybridized carbons (Fsp3) is 0.346. The van der Waals surface area contributed by atoms with Gasteiger partial charge in [0.15, 0.2) is 18.1 Å². The molecule has 1 atom stereocenters. The Kier molecular flexibility index (Phi) is 8.84. The lowest BCUT2D eigenvalue weighted by molar-refractivity contribution is -0.123. The summed E-state index contributed by atoms with van der Waals surface area (Å²) < 4.78 is 22.7. The van der Waals surface area contributed by atoms with E-state index in [9.17, 15) is 9.59 Å². The number of hydrogen-bond acceptors (Lipinski definition) is 8. The highest BCUT2D eigenvalue weighted by atomic mass is 32.2. The predicted octanol–water partition coefficient (Wildman–Crippen LogP) is 4.49. The van der Waals surface area contributed by atoms with Crippen LogP contribution in [0.1, 0.15) is 25.3 Å². The van der Waals surface area contributed by atoms with Crippen LogP contribution in [0.25, 0.3) is 6.08 Å². The topological polar surface area (TPSA) is 86.3 Å². The van der Waals surface area contributed by atoms with E-state index < -0.39 is 0 Å². The molecule has 2 aromatic carbocycles. The number of carbonyl (C=O) groups is 2. The first-order valence-corrected chi connectivity index (χ1v) is 12.9. The number of carbonyl (C=O) groups excluding carboxylic acids is 2. The van der Waals surface area contributed by atoms with Crippen LogP contribution in [0.3, 0.4) is 0 Å². The average molecular weight is 529 g/mol. The molecule has 0 unspecified atom stereocenters. The Labute approximate surface area is 219 Å². The van der Waals surface area contributed by atoms with Gasteiger partial charge in [-0.25, -0.2) is 0 Å². The maximum absolute atomic E-state index is 12.9. The van der Waals surface area contributed by atoms with Gasteiger partial charge in [-0.05, 0) is 67.8 Å². The standard InChI is InChI=1S/C26H28N2O6S2/c1-3-32-19-9-7-18(8-10-19)27-24(29)16-34-21-11-6-17(13-22(21)31-2)14-23-25(30)28(26(35)36-23)15-20-5-4-12-33-20/h6-11,13-14,20H,3-5,12,15-16H2,1-2H3,(H,27,29)/b23-14-/t20-/m0/s1. The van der Waals surface area contributed by atoms with Gasteiger partial charge in [-0.3, -0.25) is 14.5 Å². The van der Waals surface area contributed by atoms with Gasteiger partial charge in [0, 0.05) is 12.3 Å². The number of ether oxygens (including phenoxy) is 4. The maximum Gasteiger partial charge on any atom is 0.266 e. The van der Waals surface area contributed by atoms with E-state index in [0.717, 1.165) is 30.8 Å². The highest BCUT2D eigenvalue weighted by molar-refractivity contribution is 8.26. The van der Waals surface area contributed by atoms with Crippen LogP contribution in [-0.2, 0) is 14.3 Å². The van der Waals surface area contributed by atoms with Crippen molar-refractivity contribution in [3.8, 4) is 17.2 Å². The van der Waals surface area contributed by atoms with Crippen LogP contribution in [0.5, 0.6) is 17.2 Å². The van der Waals surface area contributed by atoms with E-state index in [-0.39, 0.29) is 24.5 Å². The van der Waals surface area contributed by atoms with Crippen molar-refractivity contribution in [2.45, 2.75) is 25.9 Å². The summed E-state index contributed by atoms with van der Waals surface area (Å²) in [5, 5.41) is 2.78. The predicted molar refractivity (Wildman–Crippen MR) is 144 cm³/mol. The van der Waals surface area contributed by atoms with E-state index in [1.54, 1.807) is 53.4 Å². The molecule has 2 aromatic rings. The lowest BCUT2D eigenvalue weighted by Gasteiger charge is -2.18. The third-order valence-electron chi connectivity index (χ3n) is 5.58. The third-order valence-corrected chi connectivity index (χ3v) is 6.95. The summed E-state index contributed by atoms with van der Waals surface area (Å²) in [6.07, 6.45) is 3.76. The van der Waals surface area contributed by atoms with E-state index >= 15 is 0 Å². The van der Waals surface area contributed by atoms with Crippen LogP contribution in [0.2, 0.25) is 0 Å². The van der Waals surface area contributed by atoms with Gasteiger partial charge in [0.1, 0.15) is 10.1 Å². The number of rotatable bonds is 10. The summed E-state index contributed by atoms with van der Waals surface area (Å²) in [4.78, 5) is 27.4. The molecule has 1 N–H and O–H groups in total. The number of hydrogen-bond donors (Lipinski definition) is 1. The van der Waals surface area contributed by atoms with Crippen molar-refractivity contribution in [3.05, 3.63) is 52.9 Å². The van der Waals surface area contributed by atoms with Gasteiger partial charge in [0.05, 0.1) is 31.3 Å². The van der Waals surface area contributed by atoms with Gasteiger partial charge in [0.2, 0.25) is 0 Å². The second-order valence-corrected chi connectivity index (χ2v) is 9.81. The molecule has 0 aromatic heterocycles. The van der Waals surface area contributed by atoms with Crippen molar-refractivity contribution in [1.82, 2.24) is 4.90 Å². The minimum absolute atomic E-state index is 0.0370. The number of thioether (sulfide) groups is 1. The molecule has 2 aliphatic rings. The Hall–Kier alpha value is -3.08. The summed E-state index contributed by atoms with van der Waals surface area (Å²) in [7, 11) is 1.52. The van der Waals surface area contributed by atoms with Crippen molar-refractivity contribution < 1.29 is 28.5 Å². The molecule has 2 saturated heterocycles. The van der Waals surface area contributed by atoms with Crippen molar-refractivity contribution >= 4 is 51.9 Å². The van der Waals surface area contributed by atoms with Gasteiger partial charge in [0.25, 0.3) is 11.8 Å². The Balaban J connectivity index is 1.36. The Morgan fingerprint density at radius 2 is 2.03 bits per heavy atom. The van der Waals surface area contributed by atoms with Crippen LogP contribution in [0.4, 0.5) is 5.69 Å². The monoisotopic (exact) mass is 528 g/mol. The van der Waals surface area contributed by atoms with Gasteiger partial charge in [-0.15, -0.1) is 0 Å². The molecule has 0 aliphatic carbocycles. The van der Waals surface area contributed by atoms with E-state index in [1.807, 2.05) is 6.92 Å². The van der Waals surface area contributed by atoms with Crippen molar-refractivity contribution in [2.75, 3.05) is 38.8 Å². The number of nitrogens with zero attached hydrogens (tertiary/aromatic N) is 1. The number of amides is 2. The molecular weight excluding hydrogens is 500 g/mol. The number of thiocarbonyl (C=S) groups is 1. The molecule has 0 bridgehead atoms. The quantitative estimate of drug-likeness (QED) is 0.357. The molecule has 0 saturated carbocycles. The van der Waals surface area contributed by atoms with Crippen LogP contribution < -0.4 is 19.5 Å². The highest BCUT2D eigenvalue weighted by Gasteiger charge is 2.34. The summed E-state index contributed by atoms with van der Waals surface area (Å²) in [5.41, 5.74) is 1.40. The fourth-order valence-electron chi connectivity index (χ4n) is 3.84. The zero-order valence-corrected chi connectivity index (χ0v) is 21.8. The smallest absolute Gasteiger partial charge is 0.266 e. The number of anilines is 1. The Morgan fingerprint density at radius 3 is 2.72 bits per heavy atom. The second kappa shape index (κ2) is 12.2. The average Bonchev–Trinajstić information content (AvgIpc) is 3.48. The fourth-order valence-corrected chi connectivity index (χ4v) is 5.11. The molecular formula is C26H28N2O6S2. The molecule has 0 spiro atoms. The molecule has 10 heteroatoms. The normalized spacial score (nSPS) is 18.6. The number of methoxy groups -OCH3 is 1. The van der Waals surface area contributed by atoms with Crippen LogP contribution in [0, 0.1) is 0 Å². The maximum atomic E-state index is 12.9. The molecule has 2 heterocycles. The molecule has 190 valence electrons. The van der Waals surface area contributed by atoms with Crippen LogP contribution in [-0.4, -0.2) is 60.6 Å². The molecule has 0 radical (unpaired) electrons. The molecule has 4 rings (SSSR count). The largest absolute Gasteiger partial charge is 0.494 e. The molecule has 2 amide bonds. The first-order valence-electron chi connectivity index (χ1n) is 11.7. The van der Waals surface area contributed by atoms with E-state index in [0.29, 0.717) is 39.6 Å². The Morgan fingerprint density at radius 1 is 1.22 bits per heavy atom. The lowest BCUT2D eigenvalue weighted by atomic mass is 10.1. The third kappa shape index (κ3) is 6.57. The first kappa shape index (κ1) is 26.0. The SMILES string of the molecule is CCOc1ccc(NC(=O)COc2ccc(/C=C3\SC(=S)N(C[C@@H]4CCCO4)C3=O)cc2OC)cc1. The molecule has 2 aliphatic heterocycles. The summed E-state index contributed by atoms with van der Waals surface area (Å²) in [6, 6.07) is 12.4. The van der Waals surface area contributed by atoms with Gasteiger partial charge in [-0.1, -0.05) is 30.0 Å². The van der Waals surface area contributed by atoms with Gasteiger partial charge < -0.3 is 24.3 Å². The van der Waals surface area contributed by atoms with Crippen molar-refractivity contribution in [3.63, 3.8) is 0 Å². The molecule has 36 heavy (non-hydrogen) atoms. The van der Waals surface area contributed by atoms with Crippen molar-refractivity contribution in [1.29, 1.82) is 0 Å². The van der Waals surface area contributed by atoms with E-state index in [1.165, 1.54) is 18.9 Å². The summed E-state index contributed by atoms with van der Waals surface area (Å²) in [5.74, 6) is 1.18. The number of nitrogens with one attached hydrogen (secondary N) is 1. The highest BCUT2D eigenvalue weighted by Crippen LogP contribution is 2.35. The lowest BCUT2D eigenvalue weighted by Crippen LogP contribution is -2.35. The molecule has 2 fully saturated rings. The van der Waals surface area contributed by atoms with Crippen LogP contribution >= 0.6 is 24.0 Å². The van der Waals surface area contributed by atoms with Crippen LogP contribution in [0.15, 0.2) is 47.4 Å². The second-order valence-electron chi connectivity index (χ2n) is 8.13. The zero-order valence-electron chi connectivity index (χ0n) is 20.2. The Bertz CT molecular complexity index is 1150. The van der Waals surface area contributed by atoms with E-state index in [4.69, 9.17) is 31.2 Å². The molecule has 8 nitrogen and oxygen atoms in total. The minimum Gasteiger partial charge on any atom is -0.494 e. The summed E-state index contributed by atoms with van der Waals surface area (Å²) in [6.45, 7) is 3.51. The van der Waals surface area contributed by atoms with Gasteiger partial charge >= 0.3 is 0 Å². The zero-order chi connectivity index (χ0) is 25.5. The minimum atomic E-state index is -0.305. The summed E-state index contributed by atoms with van der Waals surface area (Å²) >= 11 is 6.70. The first-order chi connectivity index (χ1) is 17.5. The van der Waals surface area contributed by atoms with Gasteiger partial charge in [-0.2, -0.15) is 0 Å². The van der Waals surface area contributed by atoms with Crippen molar-refractivity contribution in [2.24, 2.45) is 0 Å².